The van der Waals surface area contributed by atoms with Gasteiger partial charge in [-0.25, -0.2) is 0 Å². The predicted octanol–water partition coefficient (Wildman–Crippen LogP) is 10.3. The number of hydrogen-bond donors (Lipinski definition) is 5. The molecular weight excluding hydrogens is 795 g/mol. The van der Waals surface area contributed by atoms with E-state index in [-0.39, 0.29) is 12.5 Å². The van der Waals surface area contributed by atoms with Crippen LogP contribution in [0.2, 0.25) is 0 Å². The fourth-order valence-electron chi connectivity index (χ4n) is 7.92. The van der Waals surface area contributed by atoms with Crippen LogP contribution in [0.15, 0.2) is 24.3 Å². The average Bonchev–Trinajstić information content (AvgIpc) is 3.23. The van der Waals surface area contributed by atoms with E-state index in [9.17, 15) is 33.6 Å². The van der Waals surface area contributed by atoms with Crippen LogP contribution in [0.4, 0.5) is 0 Å². The van der Waals surface area contributed by atoms with Crippen molar-refractivity contribution in [2.75, 3.05) is 19.5 Å². The third kappa shape index (κ3) is 32.0. The summed E-state index contributed by atoms with van der Waals surface area (Å²) < 4.78 is 39.9. The molecule has 1 rings (SSSR count). The summed E-state index contributed by atoms with van der Waals surface area (Å²) in [5.41, 5.74) is 0. The van der Waals surface area contributed by atoms with Gasteiger partial charge < -0.3 is 35.2 Å². The summed E-state index contributed by atoms with van der Waals surface area (Å²) >= 11 is 0. The topological polar surface area (TPSA) is 172 Å². The van der Waals surface area contributed by atoms with E-state index < -0.39 is 59.6 Å². The Hall–Kier alpha value is -1.38. The van der Waals surface area contributed by atoms with E-state index in [1.54, 1.807) is 6.08 Å². The molecule has 1 amide bonds. The highest BCUT2D eigenvalue weighted by Gasteiger charge is 2.47. The highest BCUT2D eigenvalue weighted by atomic mass is 32.2. The van der Waals surface area contributed by atoms with E-state index >= 15 is 0 Å². The summed E-state index contributed by atoms with van der Waals surface area (Å²) in [4.78, 5) is 13.1. The number of hydrogen-bond acceptors (Lipinski definition) is 10. The molecule has 1 fully saturated rings. The van der Waals surface area contributed by atoms with Crippen molar-refractivity contribution >= 4 is 16.0 Å². The van der Waals surface area contributed by atoms with Gasteiger partial charge in [0.1, 0.15) is 24.4 Å². The summed E-state index contributed by atoms with van der Waals surface area (Å²) in [6.07, 6.45) is 38.5. The van der Waals surface area contributed by atoms with Crippen molar-refractivity contribution in [1.82, 2.24) is 5.32 Å². The minimum Gasteiger partial charge on any atom is -0.394 e. The van der Waals surface area contributed by atoms with Crippen molar-refractivity contribution < 1.29 is 47.3 Å². The molecule has 1 aliphatic heterocycles. The SMILES string of the molecule is CCCCCCCC/C=C\CCCCCCCCCCCCCC(=O)NC(COC1OC(CO)C(O)C(OS(C)(=O)=O)C1O)[C@H](O)/C=C/CCCCCCCCCCCCC. The Labute approximate surface area is 373 Å². The van der Waals surface area contributed by atoms with E-state index in [4.69, 9.17) is 13.7 Å². The number of nitrogens with one attached hydrogen (secondary N) is 1. The Morgan fingerprint density at radius 1 is 0.639 bits per heavy atom. The number of ether oxygens (including phenoxy) is 2. The first-order valence-electron chi connectivity index (χ1n) is 24.9. The zero-order valence-electron chi connectivity index (χ0n) is 39.0. The van der Waals surface area contributed by atoms with Crippen LogP contribution in [0.5, 0.6) is 0 Å². The minimum atomic E-state index is -4.08. The molecule has 6 unspecified atom stereocenters. The van der Waals surface area contributed by atoms with Gasteiger partial charge in [0.2, 0.25) is 5.91 Å². The molecule has 0 aromatic carbocycles. The van der Waals surface area contributed by atoms with Crippen molar-refractivity contribution in [2.45, 2.75) is 262 Å². The molecule has 0 spiro atoms. The molecule has 12 heteroatoms. The number of unbranched alkanes of at least 4 members (excludes halogenated alkanes) is 28. The predicted molar refractivity (Wildman–Crippen MR) is 249 cm³/mol. The Balaban J connectivity index is 2.44. The highest BCUT2D eigenvalue weighted by molar-refractivity contribution is 7.86. The van der Waals surface area contributed by atoms with Crippen LogP contribution in [-0.2, 0) is 28.6 Å². The maximum Gasteiger partial charge on any atom is 0.264 e. The van der Waals surface area contributed by atoms with Crippen LogP contribution in [0.1, 0.15) is 219 Å². The normalized spacial score (nSPS) is 20.8. The number of rotatable bonds is 42. The third-order valence-electron chi connectivity index (χ3n) is 11.8. The Kier molecular flexibility index (Phi) is 36.9. The van der Waals surface area contributed by atoms with Crippen molar-refractivity contribution in [3.63, 3.8) is 0 Å². The maximum absolute atomic E-state index is 13.1. The number of aliphatic hydroxyl groups excluding tert-OH is 4. The Bertz CT molecular complexity index is 1180. The van der Waals surface area contributed by atoms with Gasteiger partial charge in [-0.15, -0.1) is 0 Å². The molecule has 61 heavy (non-hydrogen) atoms. The molecule has 1 saturated heterocycles. The second kappa shape index (κ2) is 39.0. The van der Waals surface area contributed by atoms with Crippen molar-refractivity contribution in [3.05, 3.63) is 24.3 Å². The van der Waals surface area contributed by atoms with Gasteiger partial charge >= 0.3 is 0 Å². The highest BCUT2D eigenvalue weighted by Crippen LogP contribution is 2.26. The molecular formula is C49H93NO10S. The van der Waals surface area contributed by atoms with E-state index in [1.165, 1.54) is 154 Å². The lowest BCUT2D eigenvalue weighted by atomic mass is 9.99. The molecule has 7 atom stereocenters. The molecule has 1 heterocycles. The van der Waals surface area contributed by atoms with Crippen molar-refractivity contribution in [3.8, 4) is 0 Å². The molecule has 5 N–H and O–H groups in total. The van der Waals surface area contributed by atoms with Gasteiger partial charge in [0.25, 0.3) is 10.1 Å². The zero-order chi connectivity index (χ0) is 44.8. The molecule has 0 bridgehead atoms. The van der Waals surface area contributed by atoms with E-state index in [0.29, 0.717) is 6.42 Å². The molecule has 1 aliphatic rings. The first-order chi connectivity index (χ1) is 29.5. The third-order valence-corrected chi connectivity index (χ3v) is 12.4. The summed E-state index contributed by atoms with van der Waals surface area (Å²) in [5.74, 6) is -0.230. The first kappa shape index (κ1) is 57.6. The lowest BCUT2D eigenvalue weighted by Crippen LogP contribution is -2.61. The van der Waals surface area contributed by atoms with Crippen LogP contribution < -0.4 is 5.32 Å². The quantitative estimate of drug-likeness (QED) is 0.0226. The maximum atomic E-state index is 13.1. The van der Waals surface area contributed by atoms with Gasteiger partial charge in [-0.1, -0.05) is 192 Å². The molecule has 0 saturated carbocycles. The van der Waals surface area contributed by atoms with Gasteiger partial charge in [-0.05, 0) is 44.9 Å². The van der Waals surface area contributed by atoms with Crippen LogP contribution in [-0.4, -0.2) is 97.1 Å². The van der Waals surface area contributed by atoms with Gasteiger partial charge in [0.15, 0.2) is 6.29 Å². The van der Waals surface area contributed by atoms with Crippen molar-refractivity contribution in [2.24, 2.45) is 0 Å². The standard InChI is InChI=1S/C49H93NO10S/c1-4-6-8-10-12-14-16-18-19-20-21-22-23-24-25-27-29-31-33-35-37-39-45(53)50-42(43(52)38-36-34-32-30-28-26-17-15-13-11-9-7-5-2)41-58-49-47(55)48(60-61(3,56)57)46(54)44(40-51)59-49/h18-19,36,38,42-44,46-49,51-52,54-55H,4-17,20-35,37,39-41H2,1-3H3,(H,50,53)/b19-18-,38-36+/t42?,43-,44?,46?,47?,48?,49?/m1/s1. The summed E-state index contributed by atoms with van der Waals surface area (Å²) in [7, 11) is -4.08. The number of carbonyl (C=O) groups is 1. The molecule has 11 nitrogen and oxygen atoms in total. The van der Waals surface area contributed by atoms with E-state index in [2.05, 4.69) is 31.3 Å². The van der Waals surface area contributed by atoms with Crippen LogP contribution >= 0.6 is 0 Å². The zero-order valence-corrected chi connectivity index (χ0v) is 39.9. The lowest BCUT2D eigenvalue weighted by Gasteiger charge is -2.41. The fraction of sp³-hybridized carbons (Fsp3) is 0.898. The van der Waals surface area contributed by atoms with Gasteiger partial charge in [-0.2, -0.15) is 8.42 Å². The van der Waals surface area contributed by atoms with Gasteiger partial charge in [0, 0.05) is 6.42 Å². The largest absolute Gasteiger partial charge is 0.394 e. The first-order valence-corrected chi connectivity index (χ1v) is 26.8. The number of allylic oxidation sites excluding steroid dienone is 3. The number of amides is 1. The summed E-state index contributed by atoms with van der Waals surface area (Å²) in [5, 5.41) is 45.1. The van der Waals surface area contributed by atoms with Gasteiger partial charge in [-0.3, -0.25) is 8.98 Å². The number of carbonyl (C=O) groups excluding carboxylic acids is 1. The monoisotopic (exact) mass is 888 g/mol. The fourth-order valence-corrected chi connectivity index (χ4v) is 8.55. The Morgan fingerprint density at radius 2 is 1.05 bits per heavy atom. The van der Waals surface area contributed by atoms with Gasteiger partial charge in [0.05, 0.1) is 31.6 Å². The number of aliphatic hydroxyl groups is 4. The molecule has 0 aromatic heterocycles. The van der Waals surface area contributed by atoms with Crippen LogP contribution in [0.3, 0.4) is 0 Å². The molecule has 0 aromatic rings. The summed E-state index contributed by atoms with van der Waals surface area (Å²) in [6.45, 7) is 3.54. The second-order valence-electron chi connectivity index (χ2n) is 17.7. The van der Waals surface area contributed by atoms with E-state index in [1.807, 2.05) is 6.08 Å². The van der Waals surface area contributed by atoms with Crippen molar-refractivity contribution in [1.29, 1.82) is 0 Å². The molecule has 0 radical (unpaired) electrons. The summed E-state index contributed by atoms with van der Waals surface area (Å²) in [6, 6.07) is -0.892. The molecule has 0 aliphatic carbocycles. The van der Waals surface area contributed by atoms with E-state index in [0.717, 1.165) is 51.2 Å². The van der Waals surface area contributed by atoms with Crippen LogP contribution in [0, 0.1) is 0 Å². The second-order valence-corrected chi connectivity index (χ2v) is 19.3. The minimum absolute atomic E-state index is 0.230. The average molecular weight is 888 g/mol. The van der Waals surface area contributed by atoms with Crippen LogP contribution in [0.25, 0.3) is 0 Å². The molecule has 360 valence electrons. The lowest BCUT2D eigenvalue weighted by molar-refractivity contribution is -0.298. The Morgan fingerprint density at radius 3 is 1.48 bits per heavy atom. The smallest absolute Gasteiger partial charge is 0.264 e.